The van der Waals surface area contributed by atoms with E-state index in [4.69, 9.17) is 4.74 Å². The second-order valence-corrected chi connectivity index (χ2v) is 7.87. The Bertz CT molecular complexity index is 907. The normalized spacial score (nSPS) is 15.8. The fourth-order valence-electron chi connectivity index (χ4n) is 2.90. The Balaban J connectivity index is 2.13. The molecule has 0 radical (unpaired) electrons. The number of fused-ring (bicyclic) bond motifs is 3. The summed E-state index contributed by atoms with van der Waals surface area (Å²) < 4.78 is 34.2. The van der Waals surface area contributed by atoms with Gasteiger partial charge in [-0.2, -0.15) is 4.31 Å². The number of hydrogen-bond acceptors (Lipinski definition) is 5. The minimum absolute atomic E-state index is 0.0508. The zero-order valence-corrected chi connectivity index (χ0v) is 15.6. The maximum atomic E-state index is 13.1. The fraction of sp³-hybridized carbons (Fsp3) is 0.412. The van der Waals surface area contributed by atoms with Crippen LogP contribution in [-0.4, -0.2) is 55.0 Å². The van der Waals surface area contributed by atoms with Crippen molar-refractivity contribution in [1.82, 2.24) is 19.2 Å². The highest BCUT2D eigenvalue weighted by molar-refractivity contribution is 7.89. The van der Waals surface area contributed by atoms with Crippen molar-refractivity contribution >= 4 is 15.9 Å². The SMILES string of the molecule is CCCNC(=O)c1ncn2c1CN(CCOC)S(=O)(=O)c1ccccc1-2. The van der Waals surface area contributed by atoms with Gasteiger partial charge in [-0.1, -0.05) is 19.1 Å². The minimum atomic E-state index is -3.72. The quantitative estimate of drug-likeness (QED) is 0.814. The molecule has 0 fully saturated rings. The van der Waals surface area contributed by atoms with E-state index in [0.29, 0.717) is 17.9 Å². The molecule has 0 spiro atoms. The van der Waals surface area contributed by atoms with Crippen LogP contribution in [0.3, 0.4) is 0 Å². The first-order chi connectivity index (χ1) is 12.5. The lowest BCUT2D eigenvalue weighted by Crippen LogP contribution is -2.34. The molecule has 0 saturated carbocycles. The van der Waals surface area contributed by atoms with Crippen LogP contribution in [0.4, 0.5) is 0 Å². The molecule has 2 heterocycles. The van der Waals surface area contributed by atoms with Crippen LogP contribution in [0.15, 0.2) is 35.5 Å². The third-order valence-corrected chi connectivity index (χ3v) is 6.12. The van der Waals surface area contributed by atoms with Crippen molar-refractivity contribution in [3.8, 4) is 5.69 Å². The van der Waals surface area contributed by atoms with Gasteiger partial charge >= 0.3 is 0 Å². The van der Waals surface area contributed by atoms with Crippen molar-refractivity contribution in [2.45, 2.75) is 24.8 Å². The number of sulfonamides is 1. The van der Waals surface area contributed by atoms with Gasteiger partial charge < -0.3 is 10.1 Å². The summed E-state index contributed by atoms with van der Waals surface area (Å²) in [5, 5.41) is 2.80. The molecule has 1 aromatic carbocycles. The molecule has 0 bridgehead atoms. The van der Waals surface area contributed by atoms with Crippen LogP contribution in [-0.2, 0) is 21.3 Å². The van der Waals surface area contributed by atoms with Gasteiger partial charge in [0.2, 0.25) is 10.0 Å². The Morgan fingerprint density at radius 3 is 2.85 bits per heavy atom. The van der Waals surface area contributed by atoms with Crippen LogP contribution in [0, 0.1) is 0 Å². The topological polar surface area (TPSA) is 93.5 Å². The Morgan fingerprint density at radius 1 is 1.35 bits per heavy atom. The number of carbonyl (C=O) groups excluding carboxylic acids is 1. The largest absolute Gasteiger partial charge is 0.383 e. The molecule has 1 N–H and O–H groups in total. The van der Waals surface area contributed by atoms with Gasteiger partial charge in [0.15, 0.2) is 5.69 Å². The number of amides is 1. The zero-order valence-electron chi connectivity index (χ0n) is 14.8. The number of rotatable bonds is 6. The molecule has 1 aliphatic rings. The molecule has 1 aromatic heterocycles. The molecule has 9 heteroatoms. The van der Waals surface area contributed by atoms with Crippen molar-refractivity contribution < 1.29 is 17.9 Å². The van der Waals surface area contributed by atoms with Gasteiger partial charge in [-0.15, -0.1) is 0 Å². The standard InChI is InChI=1S/C17H22N4O4S/c1-3-8-18-17(22)16-14-11-20(9-10-25-2)26(23,24)15-7-5-4-6-13(15)21(14)12-19-16/h4-7,12H,3,8-11H2,1-2H3,(H,18,22). The predicted molar refractivity (Wildman–Crippen MR) is 95.7 cm³/mol. The van der Waals surface area contributed by atoms with E-state index in [1.807, 2.05) is 6.92 Å². The van der Waals surface area contributed by atoms with Crippen LogP contribution in [0.1, 0.15) is 29.5 Å². The van der Waals surface area contributed by atoms with Gasteiger partial charge in [0.25, 0.3) is 5.91 Å². The number of benzene rings is 1. The molecule has 3 rings (SSSR count). The second kappa shape index (κ2) is 7.56. The first-order valence-electron chi connectivity index (χ1n) is 8.43. The molecule has 2 aromatic rings. The Labute approximate surface area is 152 Å². The summed E-state index contributed by atoms with van der Waals surface area (Å²) in [5.41, 5.74) is 1.28. The van der Waals surface area contributed by atoms with Gasteiger partial charge in [-0.25, -0.2) is 13.4 Å². The van der Waals surface area contributed by atoms with E-state index in [2.05, 4.69) is 10.3 Å². The Morgan fingerprint density at radius 2 is 2.12 bits per heavy atom. The third kappa shape index (κ3) is 3.25. The number of hydrogen-bond donors (Lipinski definition) is 1. The van der Waals surface area contributed by atoms with E-state index >= 15 is 0 Å². The predicted octanol–water partition coefficient (Wildman–Crippen LogP) is 1.16. The number of imidazole rings is 1. The highest BCUT2D eigenvalue weighted by atomic mass is 32.2. The summed E-state index contributed by atoms with van der Waals surface area (Å²) >= 11 is 0. The second-order valence-electron chi connectivity index (χ2n) is 5.96. The Hall–Kier alpha value is -2.23. The van der Waals surface area contributed by atoms with Gasteiger partial charge in [0, 0.05) is 20.2 Å². The minimum Gasteiger partial charge on any atom is -0.383 e. The maximum absolute atomic E-state index is 13.1. The molecule has 140 valence electrons. The number of aromatic nitrogens is 2. The van der Waals surface area contributed by atoms with E-state index < -0.39 is 10.0 Å². The summed E-state index contributed by atoms with van der Waals surface area (Å²) in [7, 11) is -2.20. The van der Waals surface area contributed by atoms with E-state index in [-0.39, 0.29) is 36.2 Å². The number of methoxy groups -OCH3 is 1. The highest BCUT2D eigenvalue weighted by Crippen LogP contribution is 2.31. The van der Waals surface area contributed by atoms with Gasteiger partial charge in [-0.3, -0.25) is 9.36 Å². The van der Waals surface area contributed by atoms with E-state index in [9.17, 15) is 13.2 Å². The van der Waals surface area contributed by atoms with Gasteiger partial charge in [-0.05, 0) is 18.6 Å². The van der Waals surface area contributed by atoms with Crippen LogP contribution in [0.25, 0.3) is 5.69 Å². The molecule has 1 amide bonds. The van der Waals surface area contributed by atoms with Crippen molar-refractivity contribution in [2.75, 3.05) is 26.8 Å². The summed E-state index contributed by atoms with van der Waals surface area (Å²) in [6.07, 6.45) is 2.31. The monoisotopic (exact) mass is 378 g/mol. The van der Waals surface area contributed by atoms with Crippen molar-refractivity contribution in [1.29, 1.82) is 0 Å². The molecule has 1 aliphatic heterocycles. The first kappa shape index (κ1) is 18.6. The Kier molecular flexibility index (Phi) is 5.40. The molecule has 0 unspecified atom stereocenters. The maximum Gasteiger partial charge on any atom is 0.271 e. The lowest BCUT2D eigenvalue weighted by Gasteiger charge is -2.19. The molecule has 26 heavy (non-hydrogen) atoms. The number of para-hydroxylation sites is 1. The van der Waals surface area contributed by atoms with Crippen LogP contribution >= 0.6 is 0 Å². The molecule has 0 atom stereocenters. The average Bonchev–Trinajstić information content (AvgIpc) is 3.02. The number of nitrogens with zero attached hydrogens (tertiary/aromatic N) is 3. The average molecular weight is 378 g/mol. The molecular formula is C17H22N4O4S. The lowest BCUT2D eigenvalue weighted by molar-refractivity contribution is 0.0947. The van der Waals surface area contributed by atoms with Gasteiger partial charge in [0.05, 0.1) is 24.5 Å². The highest BCUT2D eigenvalue weighted by Gasteiger charge is 2.34. The van der Waals surface area contributed by atoms with Crippen molar-refractivity contribution in [3.05, 3.63) is 42.0 Å². The summed E-state index contributed by atoms with van der Waals surface area (Å²) in [6.45, 7) is 2.99. The molecule has 0 saturated heterocycles. The first-order valence-corrected chi connectivity index (χ1v) is 9.87. The fourth-order valence-corrected chi connectivity index (χ4v) is 4.47. The summed E-state index contributed by atoms with van der Waals surface area (Å²) in [6, 6.07) is 6.73. The zero-order chi connectivity index (χ0) is 18.7. The van der Waals surface area contributed by atoms with Crippen LogP contribution in [0.2, 0.25) is 0 Å². The van der Waals surface area contributed by atoms with E-state index in [1.165, 1.54) is 17.7 Å². The van der Waals surface area contributed by atoms with Crippen molar-refractivity contribution in [3.63, 3.8) is 0 Å². The lowest BCUT2D eigenvalue weighted by atomic mass is 10.2. The molecular weight excluding hydrogens is 356 g/mol. The van der Waals surface area contributed by atoms with Gasteiger partial charge in [0.1, 0.15) is 11.2 Å². The number of ether oxygens (including phenoxy) is 1. The molecule has 0 aliphatic carbocycles. The van der Waals surface area contributed by atoms with Crippen LogP contribution < -0.4 is 5.32 Å². The van der Waals surface area contributed by atoms with E-state index in [0.717, 1.165) is 6.42 Å². The summed E-state index contributed by atoms with van der Waals surface area (Å²) in [5.74, 6) is -0.302. The number of carbonyl (C=O) groups is 1. The van der Waals surface area contributed by atoms with Crippen molar-refractivity contribution in [2.24, 2.45) is 0 Å². The third-order valence-electron chi connectivity index (χ3n) is 4.23. The number of nitrogens with one attached hydrogen (secondary N) is 1. The van der Waals surface area contributed by atoms with Crippen LogP contribution in [0.5, 0.6) is 0 Å². The summed E-state index contributed by atoms with van der Waals surface area (Å²) in [4.78, 5) is 16.9. The smallest absolute Gasteiger partial charge is 0.271 e. The van der Waals surface area contributed by atoms with E-state index in [1.54, 1.807) is 28.8 Å². The molecule has 8 nitrogen and oxygen atoms in total.